The molecule has 1 aliphatic heterocycles. The van der Waals surface area contributed by atoms with Crippen molar-refractivity contribution in [1.29, 1.82) is 0 Å². The van der Waals surface area contributed by atoms with Crippen LogP contribution in [0.4, 0.5) is 5.69 Å². The largest absolute Gasteiger partial charge is 0.352 e. The molecule has 2 N–H and O–H groups in total. The van der Waals surface area contributed by atoms with Gasteiger partial charge in [-0.25, -0.2) is 0 Å². The van der Waals surface area contributed by atoms with Crippen molar-refractivity contribution in [2.45, 2.75) is 45.6 Å². The number of nitrogens with one attached hydrogen (secondary N) is 2. The Hall–Kier alpha value is -2.37. The normalized spacial score (nSPS) is 19.2. The molecule has 6 heteroatoms. The predicted octanol–water partition coefficient (Wildman–Crippen LogP) is 1.17. The number of rotatable bonds is 5. The Kier molecular flexibility index (Phi) is 5.06. The molecular weight excluding hydrogens is 318 g/mol. The van der Waals surface area contributed by atoms with E-state index in [2.05, 4.69) is 22.8 Å². The number of aryl methyl sites for hydroxylation is 2. The van der Waals surface area contributed by atoms with Crippen LogP contribution in [-0.4, -0.2) is 36.9 Å². The third-order valence-corrected chi connectivity index (χ3v) is 4.76. The molecule has 1 saturated heterocycles. The molecule has 3 rings (SSSR count). The third-order valence-electron chi connectivity index (χ3n) is 4.76. The summed E-state index contributed by atoms with van der Waals surface area (Å²) in [6.45, 7) is 4.05. The van der Waals surface area contributed by atoms with Crippen LogP contribution in [0.2, 0.25) is 0 Å². The van der Waals surface area contributed by atoms with E-state index in [1.165, 1.54) is 11.1 Å². The van der Waals surface area contributed by atoms with Crippen molar-refractivity contribution >= 4 is 23.4 Å². The van der Waals surface area contributed by atoms with Crippen LogP contribution < -0.4 is 15.5 Å². The summed E-state index contributed by atoms with van der Waals surface area (Å²) in [5.74, 6) is -0.906. The summed E-state index contributed by atoms with van der Waals surface area (Å²) in [5.41, 5.74) is 3.54. The predicted molar refractivity (Wildman–Crippen MR) is 95.2 cm³/mol. The number of anilines is 1. The Labute approximate surface area is 148 Å². The van der Waals surface area contributed by atoms with Crippen molar-refractivity contribution in [2.75, 3.05) is 18.0 Å². The monoisotopic (exact) mass is 343 g/mol. The summed E-state index contributed by atoms with van der Waals surface area (Å²) in [7, 11) is 0. The summed E-state index contributed by atoms with van der Waals surface area (Å²) in [5, 5.41) is 5.36. The van der Waals surface area contributed by atoms with Crippen LogP contribution in [0.25, 0.3) is 0 Å². The van der Waals surface area contributed by atoms with Gasteiger partial charge in [0.2, 0.25) is 17.7 Å². The highest BCUT2D eigenvalue weighted by atomic mass is 16.2. The number of nitrogens with zero attached hydrogens (tertiary/aromatic N) is 1. The summed E-state index contributed by atoms with van der Waals surface area (Å²) >= 11 is 0. The first-order valence-corrected chi connectivity index (χ1v) is 8.93. The maximum absolute atomic E-state index is 12.3. The minimum absolute atomic E-state index is 0.0350. The van der Waals surface area contributed by atoms with E-state index in [0.29, 0.717) is 6.54 Å². The van der Waals surface area contributed by atoms with E-state index >= 15 is 0 Å². The van der Waals surface area contributed by atoms with Gasteiger partial charge < -0.3 is 15.5 Å². The van der Waals surface area contributed by atoms with E-state index in [9.17, 15) is 14.4 Å². The number of amides is 3. The molecule has 2 aliphatic rings. The van der Waals surface area contributed by atoms with E-state index in [1.54, 1.807) is 4.90 Å². The van der Waals surface area contributed by atoms with E-state index in [0.717, 1.165) is 24.9 Å². The van der Waals surface area contributed by atoms with Crippen LogP contribution in [0.1, 0.15) is 37.8 Å². The second kappa shape index (κ2) is 7.25. The highest BCUT2D eigenvalue weighted by molar-refractivity contribution is 6.00. The quantitative estimate of drug-likeness (QED) is 0.842. The van der Waals surface area contributed by atoms with E-state index in [4.69, 9.17) is 0 Å². The van der Waals surface area contributed by atoms with E-state index in [-0.39, 0.29) is 36.7 Å². The number of benzene rings is 1. The fourth-order valence-electron chi connectivity index (χ4n) is 3.54. The van der Waals surface area contributed by atoms with Crippen LogP contribution in [-0.2, 0) is 27.2 Å². The van der Waals surface area contributed by atoms with Crippen molar-refractivity contribution in [3.8, 4) is 0 Å². The Morgan fingerprint density at radius 2 is 2.00 bits per heavy atom. The number of fused-ring (bicyclic) bond motifs is 1. The Bertz CT molecular complexity index is 699. The highest BCUT2D eigenvalue weighted by Crippen LogP contribution is 2.30. The van der Waals surface area contributed by atoms with E-state index < -0.39 is 5.92 Å². The van der Waals surface area contributed by atoms with Crippen LogP contribution in [0.5, 0.6) is 0 Å². The molecule has 0 radical (unpaired) electrons. The lowest BCUT2D eigenvalue weighted by Crippen LogP contribution is -2.42. The fourth-order valence-corrected chi connectivity index (χ4v) is 3.54. The van der Waals surface area contributed by atoms with Crippen molar-refractivity contribution in [2.24, 2.45) is 5.92 Å². The zero-order valence-corrected chi connectivity index (χ0v) is 14.8. The number of carbonyl (C=O) groups excluding carboxylic acids is 3. The lowest BCUT2D eigenvalue weighted by Gasteiger charge is -2.18. The second-order valence-corrected chi connectivity index (χ2v) is 7.15. The zero-order valence-electron chi connectivity index (χ0n) is 14.8. The number of hydrogen-bond acceptors (Lipinski definition) is 3. The Balaban J connectivity index is 1.58. The molecule has 3 amide bonds. The molecule has 25 heavy (non-hydrogen) atoms. The molecule has 1 atom stereocenters. The van der Waals surface area contributed by atoms with Gasteiger partial charge in [-0.15, -0.1) is 0 Å². The smallest absolute Gasteiger partial charge is 0.239 e. The molecule has 1 aromatic carbocycles. The molecule has 0 spiro atoms. The van der Waals surface area contributed by atoms with Gasteiger partial charge in [0, 0.05) is 24.7 Å². The van der Waals surface area contributed by atoms with Gasteiger partial charge in [0.25, 0.3) is 0 Å². The maximum Gasteiger partial charge on any atom is 0.239 e. The van der Waals surface area contributed by atoms with Gasteiger partial charge >= 0.3 is 0 Å². The van der Waals surface area contributed by atoms with Crippen molar-refractivity contribution in [3.05, 3.63) is 29.3 Å². The molecule has 134 valence electrons. The molecular formula is C19H25N3O3. The van der Waals surface area contributed by atoms with Gasteiger partial charge in [-0.3, -0.25) is 14.4 Å². The summed E-state index contributed by atoms with van der Waals surface area (Å²) < 4.78 is 0. The molecule has 1 heterocycles. The van der Waals surface area contributed by atoms with Crippen molar-refractivity contribution in [1.82, 2.24) is 10.6 Å². The first kappa shape index (κ1) is 17.5. The molecule has 1 aliphatic carbocycles. The van der Waals surface area contributed by atoms with Crippen molar-refractivity contribution in [3.63, 3.8) is 0 Å². The molecule has 0 unspecified atom stereocenters. The summed E-state index contributed by atoms with van der Waals surface area (Å²) in [6, 6.07) is 6.18. The van der Waals surface area contributed by atoms with Crippen molar-refractivity contribution < 1.29 is 14.4 Å². The Morgan fingerprint density at radius 1 is 1.24 bits per heavy atom. The van der Waals surface area contributed by atoms with E-state index in [1.807, 2.05) is 19.9 Å². The maximum atomic E-state index is 12.3. The van der Waals surface area contributed by atoms with Gasteiger partial charge in [-0.05, 0) is 56.4 Å². The fraction of sp³-hybridized carbons (Fsp3) is 0.526. The minimum Gasteiger partial charge on any atom is -0.352 e. The summed E-state index contributed by atoms with van der Waals surface area (Å²) in [4.78, 5) is 37.9. The molecule has 0 bridgehead atoms. The molecule has 1 fully saturated rings. The van der Waals surface area contributed by atoms with Gasteiger partial charge in [0.15, 0.2) is 0 Å². The first-order valence-electron chi connectivity index (χ1n) is 8.93. The van der Waals surface area contributed by atoms with Crippen LogP contribution in [0.15, 0.2) is 18.2 Å². The van der Waals surface area contributed by atoms with Crippen LogP contribution in [0.3, 0.4) is 0 Å². The van der Waals surface area contributed by atoms with Gasteiger partial charge in [-0.1, -0.05) is 6.07 Å². The molecule has 1 aromatic rings. The number of hydrogen-bond donors (Lipinski definition) is 2. The molecule has 0 saturated carbocycles. The average Bonchev–Trinajstić information content (AvgIpc) is 3.17. The highest BCUT2D eigenvalue weighted by Gasteiger charge is 2.35. The van der Waals surface area contributed by atoms with Gasteiger partial charge in [0.05, 0.1) is 12.5 Å². The summed E-state index contributed by atoms with van der Waals surface area (Å²) in [6.07, 6.45) is 3.51. The lowest BCUT2D eigenvalue weighted by atomic mass is 10.1. The van der Waals surface area contributed by atoms with Gasteiger partial charge in [-0.2, -0.15) is 0 Å². The SMILES string of the molecule is CC(C)NC(=O)CNC(=O)[C@@H]1CC(=O)N(c2ccc3c(c2)CCC3)C1. The molecule has 0 aromatic heterocycles. The second-order valence-electron chi connectivity index (χ2n) is 7.15. The lowest BCUT2D eigenvalue weighted by molar-refractivity contribution is -0.129. The Morgan fingerprint density at radius 3 is 2.76 bits per heavy atom. The molecule has 6 nitrogen and oxygen atoms in total. The minimum atomic E-state index is -0.410. The number of carbonyl (C=O) groups is 3. The van der Waals surface area contributed by atoms with Crippen LogP contribution in [0, 0.1) is 5.92 Å². The average molecular weight is 343 g/mol. The van der Waals surface area contributed by atoms with Crippen LogP contribution >= 0.6 is 0 Å². The zero-order chi connectivity index (χ0) is 18.0. The third kappa shape index (κ3) is 4.00. The van der Waals surface area contributed by atoms with Gasteiger partial charge in [0.1, 0.15) is 0 Å². The first-order chi connectivity index (χ1) is 11.9. The standard InChI is InChI=1S/C19H25N3O3/c1-12(2)21-17(23)10-20-19(25)15-9-18(24)22(11-15)16-7-6-13-4-3-5-14(13)8-16/h6-8,12,15H,3-5,9-11H2,1-2H3,(H,20,25)(H,21,23)/t15-/m1/s1. The topological polar surface area (TPSA) is 78.5 Å².